The van der Waals surface area contributed by atoms with Crippen molar-refractivity contribution in [3.63, 3.8) is 0 Å². The number of amides is 2. The fourth-order valence-electron chi connectivity index (χ4n) is 2.28. The quantitative estimate of drug-likeness (QED) is 0.749. The van der Waals surface area contributed by atoms with Gasteiger partial charge >= 0.3 is 18.2 Å². The Labute approximate surface area is 159 Å². The Balaban J connectivity index is 1.82. The minimum atomic E-state index is -4.40. The summed E-state index contributed by atoms with van der Waals surface area (Å²) in [5.41, 5.74) is 1.63. The highest BCUT2D eigenvalue weighted by Crippen LogP contribution is 2.19. The standard InChI is InChI=1S/C19H19F3N2O4/c1-24(11-14-4-8-16(9-5-14)28-12-19(20,21)22)18(27)23-10-13-2-6-15(7-3-13)17(25)26/h2-9H,10-12H2,1H3,(H,23,27)(H,25,26). The number of nitrogens with one attached hydrogen (secondary N) is 1. The number of nitrogens with zero attached hydrogens (tertiary/aromatic N) is 1. The molecule has 0 heterocycles. The molecule has 0 fully saturated rings. The fourth-order valence-corrected chi connectivity index (χ4v) is 2.28. The van der Waals surface area contributed by atoms with E-state index in [1.807, 2.05) is 0 Å². The Morgan fingerprint density at radius 2 is 1.61 bits per heavy atom. The number of carboxylic acids is 1. The zero-order chi connectivity index (χ0) is 20.7. The van der Waals surface area contributed by atoms with Gasteiger partial charge in [-0.1, -0.05) is 24.3 Å². The lowest BCUT2D eigenvalue weighted by Crippen LogP contribution is -2.36. The van der Waals surface area contributed by atoms with Crippen molar-refractivity contribution in [2.24, 2.45) is 0 Å². The zero-order valence-electron chi connectivity index (χ0n) is 15.0. The van der Waals surface area contributed by atoms with Crippen molar-refractivity contribution in [2.45, 2.75) is 19.3 Å². The third-order valence-electron chi connectivity index (χ3n) is 3.74. The largest absolute Gasteiger partial charge is 0.484 e. The van der Waals surface area contributed by atoms with Crippen molar-refractivity contribution < 1.29 is 32.6 Å². The van der Waals surface area contributed by atoms with Gasteiger partial charge in [0.25, 0.3) is 0 Å². The van der Waals surface area contributed by atoms with Crippen LogP contribution in [0.15, 0.2) is 48.5 Å². The van der Waals surface area contributed by atoms with E-state index in [9.17, 15) is 22.8 Å². The Morgan fingerprint density at radius 1 is 1.04 bits per heavy atom. The lowest BCUT2D eigenvalue weighted by Gasteiger charge is -2.18. The molecule has 0 bridgehead atoms. The van der Waals surface area contributed by atoms with E-state index < -0.39 is 18.8 Å². The van der Waals surface area contributed by atoms with E-state index in [4.69, 9.17) is 5.11 Å². The van der Waals surface area contributed by atoms with E-state index in [1.54, 1.807) is 31.3 Å². The smallest absolute Gasteiger partial charge is 0.422 e. The summed E-state index contributed by atoms with van der Waals surface area (Å²) in [4.78, 5) is 24.4. The maximum atomic E-state index is 12.1. The van der Waals surface area contributed by atoms with Crippen LogP contribution in [0.3, 0.4) is 0 Å². The molecule has 0 spiro atoms. The lowest BCUT2D eigenvalue weighted by molar-refractivity contribution is -0.153. The maximum absolute atomic E-state index is 12.1. The summed E-state index contributed by atoms with van der Waals surface area (Å²) in [7, 11) is 1.58. The predicted molar refractivity (Wildman–Crippen MR) is 95.1 cm³/mol. The number of carbonyl (C=O) groups excluding carboxylic acids is 1. The third-order valence-corrected chi connectivity index (χ3v) is 3.74. The summed E-state index contributed by atoms with van der Waals surface area (Å²) in [5, 5.41) is 11.6. The summed E-state index contributed by atoms with van der Waals surface area (Å²) in [6.45, 7) is -0.876. The minimum Gasteiger partial charge on any atom is -0.484 e. The SMILES string of the molecule is CN(Cc1ccc(OCC(F)(F)F)cc1)C(=O)NCc1ccc(C(=O)O)cc1. The molecule has 2 N–H and O–H groups in total. The van der Waals surface area contributed by atoms with Crippen LogP contribution < -0.4 is 10.1 Å². The van der Waals surface area contributed by atoms with Crippen molar-refractivity contribution in [1.82, 2.24) is 10.2 Å². The number of alkyl halides is 3. The van der Waals surface area contributed by atoms with Crippen LogP contribution in [-0.4, -0.2) is 41.8 Å². The number of urea groups is 1. The van der Waals surface area contributed by atoms with Crippen molar-refractivity contribution in [3.05, 3.63) is 65.2 Å². The first-order chi connectivity index (χ1) is 13.1. The molecule has 2 rings (SSSR count). The highest BCUT2D eigenvalue weighted by molar-refractivity contribution is 5.87. The minimum absolute atomic E-state index is 0.0954. The number of benzene rings is 2. The lowest BCUT2D eigenvalue weighted by atomic mass is 10.1. The number of aromatic carboxylic acids is 1. The van der Waals surface area contributed by atoms with Crippen LogP contribution in [0.4, 0.5) is 18.0 Å². The van der Waals surface area contributed by atoms with Gasteiger partial charge in [0.1, 0.15) is 5.75 Å². The summed E-state index contributed by atoms with van der Waals surface area (Å²) in [5.74, 6) is -0.928. The van der Waals surface area contributed by atoms with Crippen LogP contribution >= 0.6 is 0 Å². The molecule has 0 atom stereocenters. The molecule has 0 aliphatic heterocycles. The number of carboxylic acid groups (broad SMARTS) is 1. The number of rotatable bonds is 7. The number of halogens is 3. The molecule has 6 nitrogen and oxygen atoms in total. The van der Waals surface area contributed by atoms with Crippen LogP contribution in [0, 0.1) is 0 Å². The second-order valence-corrected chi connectivity index (χ2v) is 6.06. The molecule has 0 radical (unpaired) electrons. The molecule has 0 unspecified atom stereocenters. The average molecular weight is 396 g/mol. The normalized spacial score (nSPS) is 11.0. The molecule has 0 aromatic heterocycles. The number of carbonyl (C=O) groups is 2. The van der Waals surface area contributed by atoms with Gasteiger partial charge in [-0.15, -0.1) is 0 Å². The van der Waals surface area contributed by atoms with Gasteiger partial charge in [-0.25, -0.2) is 9.59 Å². The van der Waals surface area contributed by atoms with Gasteiger partial charge in [0.2, 0.25) is 0 Å². The maximum Gasteiger partial charge on any atom is 0.422 e. The topological polar surface area (TPSA) is 78.9 Å². The fraction of sp³-hybridized carbons (Fsp3) is 0.263. The number of hydrogen-bond donors (Lipinski definition) is 2. The van der Waals surface area contributed by atoms with E-state index >= 15 is 0 Å². The molecular weight excluding hydrogens is 377 g/mol. The first-order valence-electron chi connectivity index (χ1n) is 8.24. The monoisotopic (exact) mass is 396 g/mol. The molecule has 9 heteroatoms. The van der Waals surface area contributed by atoms with Gasteiger partial charge in [0.05, 0.1) is 5.56 Å². The first kappa shape index (κ1) is 21.1. The summed E-state index contributed by atoms with van der Waals surface area (Å²) < 4.78 is 41.0. The van der Waals surface area contributed by atoms with Crippen molar-refractivity contribution >= 4 is 12.0 Å². The van der Waals surface area contributed by atoms with Crippen LogP contribution in [0.2, 0.25) is 0 Å². The molecule has 2 aromatic rings. The number of ether oxygens (including phenoxy) is 1. The molecule has 2 amide bonds. The molecule has 0 saturated heterocycles. The molecule has 150 valence electrons. The number of hydrogen-bond acceptors (Lipinski definition) is 3. The first-order valence-corrected chi connectivity index (χ1v) is 8.24. The van der Waals surface area contributed by atoms with Crippen LogP contribution in [0.1, 0.15) is 21.5 Å². The predicted octanol–water partition coefficient (Wildman–Crippen LogP) is 3.67. The highest BCUT2D eigenvalue weighted by atomic mass is 19.4. The average Bonchev–Trinajstić information content (AvgIpc) is 2.65. The Kier molecular flexibility index (Phi) is 6.86. The summed E-state index contributed by atoms with van der Waals surface area (Å²) in [6.07, 6.45) is -4.40. The Bertz CT molecular complexity index is 805. The molecule has 0 saturated carbocycles. The van der Waals surface area contributed by atoms with Gasteiger partial charge in [0, 0.05) is 20.1 Å². The molecule has 28 heavy (non-hydrogen) atoms. The van der Waals surface area contributed by atoms with E-state index in [0.29, 0.717) is 0 Å². The third kappa shape index (κ3) is 6.82. The van der Waals surface area contributed by atoms with Gasteiger partial charge < -0.3 is 20.1 Å². The second kappa shape index (κ2) is 9.12. The molecular formula is C19H19F3N2O4. The molecule has 0 aliphatic rings. The summed E-state index contributed by atoms with van der Waals surface area (Å²) >= 11 is 0. The van der Waals surface area contributed by atoms with Crippen LogP contribution in [-0.2, 0) is 13.1 Å². The Morgan fingerprint density at radius 3 is 2.14 bits per heavy atom. The highest BCUT2D eigenvalue weighted by Gasteiger charge is 2.28. The van der Waals surface area contributed by atoms with E-state index in [1.165, 1.54) is 29.2 Å². The van der Waals surface area contributed by atoms with E-state index in [2.05, 4.69) is 10.1 Å². The second-order valence-electron chi connectivity index (χ2n) is 6.06. The molecule has 2 aromatic carbocycles. The van der Waals surface area contributed by atoms with Gasteiger partial charge in [-0.05, 0) is 35.4 Å². The van der Waals surface area contributed by atoms with Crippen molar-refractivity contribution in [3.8, 4) is 5.75 Å². The Hall–Kier alpha value is -3.23. The van der Waals surface area contributed by atoms with Gasteiger partial charge in [-0.3, -0.25) is 0 Å². The van der Waals surface area contributed by atoms with E-state index in [-0.39, 0.29) is 30.4 Å². The van der Waals surface area contributed by atoms with Crippen LogP contribution in [0.5, 0.6) is 5.75 Å². The van der Waals surface area contributed by atoms with Crippen molar-refractivity contribution in [2.75, 3.05) is 13.7 Å². The van der Waals surface area contributed by atoms with Gasteiger partial charge in [0.15, 0.2) is 6.61 Å². The van der Waals surface area contributed by atoms with E-state index in [0.717, 1.165) is 11.1 Å². The van der Waals surface area contributed by atoms with Crippen LogP contribution in [0.25, 0.3) is 0 Å². The molecule has 0 aliphatic carbocycles. The van der Waals surface area contributed by atoms with Crippen molar-refractivity contribution in [1.29, 1.82) is 0 Å². The summed E-state index contributed by atoms with van der Waals surface area (Å²) in [6, 6.07) is 11.8. The zero-order valence-corrected chi connectivity index (χ0v) is 15.0. The van der Waals surface area contributed by atoms with Gasteiger partial charge in [-0.2, -0.15) is 13.2 Å².